The van der Waals surface area contributed by atoms with Gasteiger partial charge in [-0.15, -0.1) is 11.3 Å². The lowest BCUT2D eigenvalue weighted by Gasteiger charge is -2.39. The van der Waals surface area contributed by atoms with Gasteiger partial charge in [-0.05, 0) is 26.0 Å². The van der Waals surface area contributed by atoms with E-state index in [4.69, 9.17) is 4.74 Å². The second kappa shape index (κ2) is 5.83. The van der Waals surface area contributed by atoms with Crippen molar-refractivity contribution in [2.24, 2.45) is 0 Å². The number of fused-ring (bicyclic) bond motifs is 1. The molecule has 1 aliphatic rings. The van der Waals surface area contributed by atoms with Gasteiger partial charge in [0.25, 0.3) is 0 Å². The first-order valence-corrected chi connectivity index (χ1v) is 8.09. The number of ketones is 1. The SMILES string of the molecule is CC(C)(C(=O)Cc1nc2ccccc2s1)N1CCOCC1. The summed E-state index contributed by atoms with van der Waals surface area (Å²) in [4.78, 5) is 19.5. The normalized spacial score (nSPS) is 17.2. The van der Waals surface area contributed by atoms with Crippen molar-refractivity contribution < 1.29 is 9.53 Å². The lowest BCUT2D eigenvalue weighted by Crippen LogP contribution is -2.54. The number of carbonyl (C=O) groups excluding carboxylic acids is 1. The van der Waals surface area contributed by atoms with E-state index in [-0.39, 0.29) is 5.78 Å². The van der Waals surface area contributed by atoms with E-state index >= 15 is 0 Å². The van der Waals surface area contributed by atoms with Gasteiger partial charge in [0.1, 0.15) is 5.01 Å². The predicted octanol–water partition coefficient (Wildman–Crippen LogP) is 2.52. The second-order valence-corrected chi connectivity index (χ2v) is 6.95. The molecule has 0 bridgehead atoms. The van der Waals surface area contributed by atoms with E-state index in [1.54, 1.807) is 11.3 Å². The molecule has 1 aliphatic heterocycles. The van der Waals surface area contributed by atoms with Crippen molar-refractivity contribution >= 4 is 27.3 Å². The number of ether oxygens (including phenoxy) is 1. The van der Waals surface area contributed by atoms with Gasteiger partial charge in [0.15, 0.2) is 5.78 Å². The lowest BCUT2D eigenvalue weighted by molar-refractivity contribution is -0.131. The summed E-state index contributed by atoms with van der Waals surface area (Å²) in [5, 5.41) is 0.905. The van der Waals surface area contributed by atoms with E-state index in [1.807, 2.05) is 38.1 Å². The Balaban J connectivity index is 1.75. The number of hydrogen-bond donors (Lipinski definition) is 0. The third kappa shape index (κ3) is 3.00. The maximum absolute atomic E-state index is 12.7. The van der Waals surface area contributed by atoms with Gasteiger partial charge in [-0.1, -0.05) is 12.1 Å². The van der Waals surface area contributed by atoms with Gasteiger partial charge < -0.3 is 4.74 Å². The Kier molecular flexibility index (Phi) is 4.06. The summed E-state index contributed by atoms with van der Waals surface area (Å²) in [5.74, 6) is 0.225. The van der Waals surface area contributed by atoms with Crippen molar-refractivity contribution in [2.45, 2.75) is 25.8 Å². The Bertz CT molecular complexity index is 612. The Morgan fingerprint density at radius 3 is 2.76 bits per heavy atom. The van der Waals surface area contributed by atoms with E-state index in [0.29, 0.717) is 19.6 Å². The van der Waals surface area contributed by atoms with E-state index in [2.05, 4.69) is 9.88 Å². The molecule has 3 rings (SSSR count). The van der Waals surface area contributed by atoms with Crippen molar-refractivity contribution in [3.8, 4) is 0 Å². The van der Waals surface area contributed by atoms with Crippen LogP contribution in [-0.4, -0.2) is 47.5 Å². The Hall–Kier alpha value is -1.30. The third-order valence-corrected chi connectivity index (χ3v) is 5.17. The Morgan fingerprint density at radius 2 is 2.05 bits per heavy atom. The molecule has 0 radical (unpaired) electrons. The molecule has 0 N–H and O–H groups in total. The molecule has 1 saturated heterocycles. The highest BCUT2D eigenvalue weighted by atomic mass is 32.1. The molecule has 0 atom stereocenters. The average Bonchev–Trinajstić information content (AvgIpc) is 2.90. The molecule has 0 amide bonds. The number of thiazole rings is 1. The first-order valence-electron chi connectivity index (χ1n) is 7.28. The minimum absolute atomic E-state index is 0.225. The zero-order chi connectivity index (χ0) is 14.9. The molecule has 112 valence electrons. The number of aromatic nitrogens is 1. The zero-order valence-corrected chi connectivity index (χ0v) is 13.3. The summed E-state index contributed by atoms with van der Waals surface area (Å²) in [6.07, 6.45) is 0.406. The highest BCUT2D eigenvalue weighted by Gasteiger charge is 2.35. The average molecular weight is 304 g/mol. The number of carbonyl (C=O) groups is 1. The lowest BCUT2D eigenvalue weighted by atomic mass is 9.94. The van der Waals surface area contributed by atoms with Crippen LogP contribution in [0.3, 0.4) is 0 Å². The molecule has 21 heavy (non-hydrogen) atoms. The van der Waals surface area contributed by atoms with Crippen molar-refractivity contribution in [1.82, 2.24) is 9.88 Å². The first-order chi connectivity index (χ1) is 10.1. The predicted molar refractivity (Wildman–Crippen MR) is 84.8 cm³/mol. The molecule has 5 heteroatoms. The molecule has 0 spiro atoms. The van der Waals surface area contributed by atoms with Crippen LogP contribution in [0.1, 0.15) is 18.9 Å². The summed E-state index contributed by atoms with van der Waals surface area (Å²) >= 11 is 1.61. The van der Waals surface area contributed by atoms with E-state index in [1.165, 1.54) is 0 Å². The Morgan fingerprint density at radius 1 is 1.33 bits per heavy atom. The number of benzene rings is 1. The van der Waals surface area contributed by atoms with Crippen LogP contribution < -0.4 is 0 Å². The van der Waals surface area contributed by atoms with Gasteiger partial charge in [-0.3, -0.25) is 9.69 Å². The molecular weight excluding hydrogens is 284 g/mol. The highest BCUT2D eigenvalue weighted by Crippen LogP contribution is 2.25. The Labute approximate surface area is 128 Å². The standard InChI is InChI=1S/C16H20N2O2S/c1-16(2,18-7-9-20-10-8-18)14(19)11-15-17-12-5-3-4-6-13(12)21-15/h3-6H,7-11H2,1-2H3. The van der Waals surface area contributed by atoms with Crippen LogP contribution >= 0.6 is 11.3 Å². The molecule has 0 aliphatic carbocycles. The van der Waals surface area contributed by atoms with Crippen molar-refractivity contribution in [3.05, 3.63) is 29.3 Å². The van der Waals surface area contributed by atoms with Gasteiger partial charge >= 0.3 is 0 Å². The van der Waals surface area contributed by atoms with E-state index in [9.17, 15) is 4.79 Å². The van der Waals surface area contributed by atoms with Gasteiger partial charge in [-0.2, -0.15) is 0 Å². The molecule has 1 aromatic heterocycles. The summed E-state index contributed by atoms with van der Waals surface area (Å²) in [5.41, 5.74) is 0.524. The first kappa shape index (κ1) is 14.6. The van der Waals surface area contributed by atoms with E-state index < -0.39 is 5.54 Å². The second-order valence-electron chi connectivity index (χ2n) is 5.83. The quantitative estimate of drug-likeness (QED) is 0.870. The fourth-order valence-corrected chi connectivity index (χ4v) is 3.61. The molecule has 2 heterocycles. The fourth-order valence-electron chi connectivity index (χ4n) is 2.65. The van der Waals surface area contributed by atoms with Crippen LogP contribution in [0.15, 0.2) is 24.3 Å². The van der Waals surface area contributed by atoms with Crippen LogP contribution in [0.2, 0.25) is 0 Å². The topological polar surface area (TPSA) is 42.4 Å². The number of Topliss-reactive ketones (excluding diaryl/α,β-unsaturated/α-hetero) is 1. The van der Waals surface area contributed by atoms with Crippen molar-refractivity contribution in [3.63, 3.8) is 0 Å². The van der Waals surface area contributed by atoms with Gasteiger partial charge in [0.2, 0.25) is 0 Å². The van der Waals surface area contributed by atoms with Crippen molar-refractivity contribution in [2.75, 3.05) is 26.3 Å². The minimum atomic E-state index is -0.457. The van der Waals surface area contributed by atoms with Crippen LogP contribution in [0.25, 0.3) is 10.2 Å². The maximum atomic E-state index is 12.7. The monoisotopic (exact) mass is 304 g/mol. The highest BCUT2D eigenvalue weighted by molar-refractivity contribution is 7.18. The van der Waals surface area contributed by atoms with E-state index in [0.717, 1.165) is 28.3 Å². The molecule has 0 unspecified atom stereocenters. The van der Waals surface area contributed by atoms with Crippen LogP contribution in [0.4, 0.5) is 0 Å². The van der Waals surface area contributed by atoms with Crippen molar-refractivity contribution in [1.29, 1.82) is 0 Å². The molecule has 1 fully saturated rings. The molecule has 2 aromatic rings. The van der Waals surface area contributed by atoms with Crippen LogP contribution in [0, 0.1) is 0 Å². The van der Waals surface area contributed by atoms with Gasteiger partial charge in [-0.25, -0.2) is 4.98 Å². The summed E-state index contributed by atoms with van der Waals surface area (Å²) in [7, 11) is 0. The number of morpholine rings is 1. The number of rotatable bonds is 4. The zero-order valence-electron chi connectivity index (χ0n) is 12.5. The van der Waals surface area contributed by atoms with Gasteiger partial charge in [0, 0.05) is 13.1 Å². The smallest absolute Gasteiger partial charge is 0.159 e. The molecule has 1 aromatic carbocycles. The number of hydrogen-bond acceptors (Lipinski definition) is 5. The molecular formula is C16H20N2O2S. The number of nitrogens with zero attached hydrogens (tertiary/aromatic N) is 2. The number of para-hydroxylation sites is 1. The largest absolute Gasteiger partial charge is 0.379 e. The summed E-state index contributed by atoms with van der Waals surface area (Å²) in [6, 6.07) is 8.02. The third-order valence-electron chi connectivity index (χ3n) is 4.13. The summed E-state index contributed by atoms with van der Waals surface area (Å²) < 4.78 is 6.51. The maximum Gasteiger partial charge on any atom is 0.159 e. The van der Waals surface area contributed by atoms with Gasteiger partial charge in [0.05, 0.1) is 35.4 Å². The summed E-state index contributed by atoms with van der Waals surface area (Å²) in [6.45, 7) is 7.06. The van der Waals surface area contributed by atoms with Crippen LogP contribution in [0.5, 0.6) is 0 Å². The molecule has 4 nitrogen and oxygen atoms in total. The molecule has 0 saturated carbocycles. The minimum Gasteiger partial charge on any atom is -0.379 e. The van der Waals surface area contributed by atoms with Crippen LogP contribution in [-0.2, 0) is 16.0 Å². The fraction of sp³-hybridized carbons (Fsp3) is 0.500.